The van der Waals surface area contributed by atoms with Crippen LogP contribution in [-0.4, -0.2) is 27.7 Å². The van der Waals surface area contributed by atoms with Crippen LogP contribution in [0.5, 0.6) is 0 Å². The maximum Gasteiger partial charge on any atom is 0.255 e. The summed E-state index contributed by atoms with van der Waals surface area (Å²) in [6.07, 6.45) is 1.48. The van der Waals surface area contributed by atoms with E-state index in [1.807, 2.05) is 30.3 Å². The van der Waals surface area contributed by atoms with E-state index in [9.17, 15) is 9.90 Å². The van der Waals surface area contributed by atoms with Crippen LogP contribution in [0.25, 0.3) is 10.9 Å². The van der Waals surface area contributed by atoms with Crippen LogP contribution in [0.4, 0.5) is 5.69 Å². The number of rotatable bonds is 6. The Bertz CT molecular complexity index is 1160. The van der Waals surface area contributed by atoms with Gasteiger partial charge in [0, 0.05) is 47.0 Å². The number of carbonyl (C=O) groups excluding carboxylic acids is 1. The number of fused-ring (bicyclic) bond motifs is 1. The molecule has 1 saturated carbocycles. The predicted molar refractivity (Wildman–Crippen MR) is 125 cm³/mol. The van der Waals surface area contributed by atoms with Gasteiger partial charge in [-0.2, -0.15) is 0 Å². The predicted octanol–water partition coefficient (Wildman–Crippen LogP) is 4.05. The van der Waals surface area contributed by atoms with Crippen LogP contribution < -0.4 is 10.6 Å². The molecule has 1 heterocycles. The van der Waals surface area contributed by atoms with Gasteiger partial charge in [0.1, 0.15) is 5.60 Å². The molecule has 0 saturated heterocycles. The van der Waals surface area contributed by atoms with Crippen molar-refractivity contribution in [2.24, 2.45) is 13.0 Å². The lowest BCUT2D eigenvalue weighted by molar-refractivity contribution is 0.102. The molecule has 31 heavy (non-hydrogen) atoms. The Hall–Kier alpha value is -3.07. The largest absolute Gasteiger partial charge is 0.378 e. The number of anilines is 1. The Morgan fingerprint density at radius 3 is 2.58 bits per heavy atom. The Labute approximate surface area is 183 Å². The highest BCUT2D eigenvalue weighted by atomic mass is 16.3. The summed E-state index contributed by atoms with van der Waals surface area (Å²) in [6.45, 7) is 6.19. The molecule has 1 amide bonds. The molecule has 5 heteroatoms. The van der Waals surface area contributed by atoms with Gasteiger partial charge in [-0.05, 0) is 73.8 Å². The summed E-state index contributed by atoms with van der Waals surface area (Å²) in [7, 11) is 2.07. The third-order valence-electron chi connectivity index (χ3n) is 5.57. The SMILES string of the molecule is CC(C)CNCc1cc2cc(NC(=O)c3ccc(C#CC4(O)CC4)cc3)ccc2n1C. The Morgan fingerprint density at radius 2 is 1.90 bits per heavy atom. The number of hydrogen-bond acceptors (Lipinski definition) is 3. The van der Waals surface area contributed by atoms with E-state index in [0.717, 1.165) is 48.1 Å². The van der Waals surface area contributed by atoms with Crippen LogP contribution in [-0.2, 0) is 13.6 Å². The summed E-state index contributed by atoms with van der Waals surface area (Å²) in [5, 5.41) is 17.4. The molecular weight excluding hydrogens is 386 g/mol. The standard InChI is InChI=1S/C26H29N3O2/c1-18(2)16-27-17-23-15-21-14-22(8-9-24(21)29(23)3)28-25(30)20-6-4-19(5-7-20)10-11-26(31)12-13-26/h4-9,14-15,18,27,31H,12-13,16-17H2,1-3H3,(H,28,30). The molecule has 0 atom stereocenters. The molecule has 1 aliphatic rings. The summed E-state index contributed by atoms with van der Waals surface area (Å²) < 4.78 is 2.19. The van der Waals surface area contributed by atoms with Gasteiger partial charge in [0.2, 0.25) is 0 Å². The third-order valence-corrected chi connectivity index (χ3v) is 5.57. The minimum Gasteiger partial charge on any atom is -0.378 e. The second-order valence-electron chi connectivity index (χ2n) is 8.81. The zero-order valence-electron chi connectivity index (χ0n) is 18.3. The average molecular weight is 416 g/mol. The van der Waals surface area contributed by atoms with E-state index in [1.54, 1.807) is 12.1 Å². The van der Waals surface area contributed by atoms with E-state index < -0.39 is 5.60 Å². The van der Waals surface area contributed by atoms with Gasteiger partial charge in [-0.3, -0.25) is 4.79 Å². The van der Waals surface area contributed by atoms with Crippen LogP contribution in [0.2, 0.25) is 0 Å². The average Bonchev–Trinajstić information content (AvgIpc) is 3.40. The molecule has 1 aliphatic carbocycles. The van der Waals surface area contributed by atoms with Crippen molar-refractivity contribution >= 4 is 22.5 Å². The highest BCUT2D eigenvalue weighted by Gasteiger charge is 2.38. The Balaban J connectivity index is 1.43. The molecule has 0 radical (unpaired) electrons. The summed E-state index contributed by atoms with van der Waals surface area (Å²) in [4.78, 5) is 12.7. The van der Waals surface area contributed by atoms with Crippen molar-refractivity contribution in [3.05, 3.63) is 65.4 Å². The van der Waals surface area contributed by atoms with Gasteiger partial charge in [0.15, 0.2) is 0 Å². The molecule has 5 nitrogen and oxygen atoms in total. The first kappa shape index (κ1) is 21.2. The van der Waals surface area contributed by atoms with Gasteiger partial charge in [-0.25, -0.2) is 0 Å². The Morgan fingerprint density at radius 1 is 1.16 bits per heavy atom. The van der Waals surface area contributed by atoms with Crippen molar-refractivity contribution in [1.29, 1.82) is 0 Å². The molecule has 0 aliphatic heterocycles. The summed E-state index contributed by atoms with van der Waals surface area (Å²) in [5.41, 5.74) is 3.69. The van der Waals surface area contributed by atoms with Crippen molar-refractivity contribution in [2.75, 3.05) is 11.9 Å². The van der Waals surface area contributed by atoms with Crippen LogP contribution in [0.3, 0.4) is 0 Å². The normalized spacial score (nSPS) is 14.4. The lowest BCUT2D eigenvalue weighted by Crippen LogP contribution is -2.20. The summed E-state index contributed by atoms with van der Waals surface area (Å²) in [5.74, 6) is 6.31. The van der Waals surface area contributed by atoms with Gasteiger partial charge < -0.3 is 20.3 Å². The molecule has 3 N–H and O–H groups in total. The van der Waals surface area contributed by atoms with Crippen LogP contribution in [0.1, 0.15) is 48.3 Å². The van der Waals surface area contributed by atoms with Crippen molar-refractivity contribution in [3.63, 3.8) is 0 Å². The quantitative estimate of drug-likeness (QED) is 0.532. The lowest BCUT2D eigenvalue weighted by atomic mass is 10.1. The van der Waals surface area contributed by atoms with Crippen molar-refractivity contribution in [2.45, 2.75) is 38.8 Å². The fraction of sp³-hybridized carbons (Fsp3) is 0.346. The van der Waals surface area contributed by atoms with Gasteiger partial charge >= 0.3 is 0 Å². The van der Waals surface area contributed by atoms with Crippen LogP contribution in [0, 0.1) is 17.8 Å². The minimum atomic E-state index is -0.795. The van der Waals surface area contributed by atoms with Gasteiger partial charge in [-0.15, -0.1) is 0 Å². The zero-order chi connectivity index (χ0) is 22.0. The number of aryl methyl sites for hydroxylation is 1. The van der Waals surface area contributed by atoms with E-state index in [0.29, 0.717) is 11.5 Å². The molecule has 0 bridgehead atoms. The van der Waals surface area contributed by atoms with Crippen molar-refractivity contribution in [3.8, 4) is 11.8 Å². The topological polar surface area (TPSA) is 66.3 Å². The molecule has 1 fully saturated rings. The molecule has 160 valence electrons. The zero-order valence-corrected chi connectivity index (χ0v) is 18.3. The monoisotopic (exact) mass is 415 g/mol. The van der Waals surface area contributed by atoms with E-state index in [4.69, 9.17) is 0 Å². The number of aliphatic hydroxyl groups is 1. The maximum atomic E-state index is 12.7. The van der Waals surface area contributed by atoms with Gasteiger partial charge in [0.05, 0.1) is 0 Å². The molecule has 4 rings (SSSR count). The fourth-order valence-corrected chi connectivity index (χ4v) is 3.48. The first-order chi connectivity index (χ1) is 14.8. The number of aromatic nitrogens is 1. The molecule has 1 aromatic heterocycles. The minimum absolute atomic E-state index is 0.158. The number of amides is 1. The third kappa shape index (κ3) is 5.16. The van der Waals surface area contributed by atoms with Crippen LogP contribution >= 0.6 is 0 Å². The smallest absolute Gasteiger partial charge is 0.255 e. The van der Waals surface area contributed by atoms with Crippen LogP contribution in [0.15, 0.2) is 48.5 Å². The van der Waals surface area contributed by atoms with E-state index in [1.165, 1.54) is 5.69 Å². The summed E-state index contributed by atoms with van der Waals surface area (Å²) in [6, 6.07) is 15.3. The molecular formula is C26H29N3O2. The number of nitrogens with one attached hydrogen (secondary N) is 2. The van der Waals surface area contributed by atoms with E-state index in [2.05, 4.69) is 54.0 Å². The molecule has 3 aromatic rings. The van der Waals surface area contributed by atoms with Gasteiger partial charge in [0.25, 0.3) is 5.91 Å². The fourth-order valence-electron chi connectivity index (χ4n) is 3.48. The second-order valence-corrected chi connectivity index (χ2v) is 8.81. The van der Waals surface area contributed by atoms with Gasteiger partial charge in [-0.1, -0.05) is 25.7 Å². The van der Waals surface area contributed by atoms with E-state index >= 15 is 0 Å². The lowest BCUT2D eigenvalue weighted by Gasteiger charge is -2.08. The Kier molecular flexibility index (Phi) is 5.86. The van der Waals surface area contributed by atoms with E-state index in [-0.39, 0.29) is 5.91 Å². The highest BCUT2D eigenvalue weighted by molar-refractivity contribution is 6.05. The molecule has 0 spiro atoms. The number of benzene rings is 2. The first-order valence-corrected chi connectivity index (χ1v) is 10.8. The number of hydrogen-bond donors (Lipinski definition) is 3. The summed E-state index contributed by atoms with van der Waals surface area (Å²) >= 11 is 0. The maximum absolute atomic E-state index is 12.7. The highest BCUT2D eigenvalue weighted by Crippen LogP contribution is 2.34. The molecule has 2 aromatic carbocycles. The first-order valence-electron chi connectivity index (χ1n) is 10.8. The number of nitrogens with zero attached hydrogens (tertiary/aromatic N) is 1. The second kappa shape index (κ2) is 8.58. The van der Waals surface area contributed by atoms with Crippen molar-refractivity contribution < 1.29 is 9.90 Å². The van der Waals surface area contributed by atoms with Crippen molar-refractivity contribution in [1.82, 2.24) is 9.88 Å². The molecule has 0 unspecified atom stereocenters. The number of carbonyl (C=O) groups is 1.